The Balaban J connectivity index is 1.28. The van der Waals surface area contributed by atoms with E-state index in [1.807, 2.05) is 36.4 Å². The molecule has 4 aliphatic heterocycles. The number of nitriles is 2. The van der Waals surface area contributed by atoms with Gasteiger partial charge in [-0.15, -0.1) is 0 Å². The first-order valence-corrected chi connectivity index (χ1v) is 17.4. The summed E-state index contributed by atoms with van der Waals surface area (Å²) >= 11 is 0. The summed E-state index contributed by atoms with van der Waals surface area (Å²) in [4.78, 5) is 7.70. The first-order chi connectivity index (χ1) is 25.4. The second-order valence-corrected chi connectivity index (χ2v) is 14.8. The van der Waals surface area contributed by atoms with Crippen LogP contribution < -0.4 is 32.8 Å². The number of nitrogens with zero attached hydrogens (tertiary/aromatic N) is 4. The molecule has 8 aromatic carbocycles. The van der Waals surface area contributed by atoms with E-state index in [0.29, 0.717) is 22.5 Å². The number of hydrogen-bond acceptors (Lipinski definition) is 2. The molecule has 0 N–H and O–H groups in total. The van der Waals surface area contributed by atoms with Crippen molar-refractivity contribution in [2.45, 2.75) is 13.8 Å². The number of rotatable bonds is 0. The minimum absolute atomic E-state index is 0.0126. The van der Waals surface area contributed by atoms with E-state index in [1.54, 1.807) is 0 Å². The first-order valence-electron chi connectivity index (χ1n) is 17.4. The fraction of sp³-hybridized carbons (Fsp3) is 0.0435. The van der Waals surface area contributed by atoms with E-state index in [9.17, 15) is 10.5 Å². The van der Waals surface area contributed by atoms with Gasteiger partial charge in [0.1, 0.15) is 0 Å². The third-order valence-corrected chi connectivity index (χ3v) is 12.5. The molecule has 0 saturated carbocycles. The zero-order valence-corrected chi connectivity index (χ0v) is 28.0. The van der Waals surface area contributed by atoms with Crippen LogP contribution in [0.2, 0.25) is 0 Å². The second kappa shape index (κ2) is 8.97. The lowest BCUT2D eigenvalue weighted by Crippen LogP contribution is -2.53. The average Bonchev–Trinajstić information content (AvgIpc) is 3.68. The maximum atomic E-state index is 10.2. The molecule has 4 nitrogen and oxygen atoms in total. The molecule has 0 radical (unpaired) electrons. The van der Waals surface area contributed by atoms with Crippen molar-refractivity contribution in [2.75, 3.05) is 0 Å². The van der Waals surface area contributed by atoms with E-state index in [-0.39, 0.29) is 13.4 Å². The van der Waals surface area contributed by atoms with E-state index in [0.717, 1.165) is 44.5 Å². The third kappa shape index (κ3) is 2.98. The number of benzene rings is 8. The molecule has 0 aromatic heterocycles. The van der Waals surface area contributed by atoms with E-state index >= 15 is 0 Å². The molecule has 4 aliphatic rings. The smallest absolute Gasteiger partial charge is 0.238 e. The van der Waals surface area contributed by atoms with Gasteiger partial charge < -0.3 is 0 Å². The Morgan fingerprint density at radius 3 is 1.48 bits per heavy atom. The molecule has 0 amide bonds. The van der Waals surface area contributed by atoms with Crippen LogP contribution in [-0.2, 0) is 0 Å². The molecular weight excluding hydrogens is 630 g/mol. The third-order valence-electron chi connectivity index (χ3n) is 12.5. The Bertz CT molecular complexity index is 3100. The quantitative estimate of drug-likeness (QED) is 0.101. The normalized spacial score (nSPS) is 13.0. The van der Waals surface area contributed by atoms with Crippen LogP contribution in [0.4, 0.5) is 11.4 Å². The Labute approximate surface area is 299 Å². The van der Waals surface area contributed by atoms with Crippen LogP contribution in [0.25, 0.3) is 86.5 Å². The molecule has 4 heterocycles. The lowest BCUT2D eigenvalue weighted by molar-refractivity contribution is 1.48. The number of hydrogen-bond donors (Lipinski definition) is 0. The Kier molecular flexibility index (Phi) is 4.77. The summed E-state index contributed by atoms with van der Waals surface area (Å²) in [6, 6.07) is 34.6. The van der Waals surface area contributed by atoms with Gasteiger partial charge in [0.2, 0.25) is 13.4 Å². The van der Waals surface area contributed by atoms with Gasteiger partial charge in [-0.2, -0.15) is 10.5 Å². The Morgan fingerprint density at radius 1 is 0.462 bits per heavy atom. The van der Waals surface area contributed by atoms with Crippen molar-refractivity contribution in [3.05, 3.63) is 130 Å². The second-order valence-electron chi connectivity index (χ2n) is 14.8. The highest BCUT2D eigenvalue weighted by Gasteiger charge is 2.44. The average molecular weight is 650 g/mol. The standard InChI is InChI=1S/C46H20B2N4/c1-21-9-31-34-13-24(20-50)12-33-30-14-25(51-3)6-8-38(30)48(45(33)34)39-17-28-22(2)10-32-36-16-26(52-4)15-35-29-11-23(19-49)5-7-37(29)47(46(35)36)40-18-27(21)43(41(31)39)44(28)42(32)40/h5-18H,1-2H3. The molecule has 0 spiro atoms. The van der Waals surface area contributed by atoms with Gasteiger partial charge in [-0.1, -0.05) is 75.2 Å². The summed E-state index contributed by atoms with van der Waals surface area (Å²) in [7, 11) is 0. The fourth-order valence-electron chi connectivity index (χ4n) is 10.6. The molecule has 8 aromatic rings. The van der Waals surface area contributed by atoms with Crippen LogP contribution in [-0.4, -0.2) is 13.4 Å². The van der Waals surface area contributed by atoms with E-state index in [4.69, 9.17) is 13.1 Å². The first kappa shape index (κ1) is 27.7. The van der Waals surface area contributed by atoms with Crippen molar-refractivity contribution >= 4 is 89.9 Å². The predicted molar refractivity (Wildman–Crippen MR) is 213 cm³/mol. The minimum Gasteiger partial charge on any atom is -0.238 e. The highest BCUT2D eigenvalue weighted by molar-refractivity contribution is 7.03. The van der Waals surface area contributed by atoms with Crippen LogP contribution in [0.15, 0.2) is 84.9 Å². The highest BCUT2D eigenvalue weighted by atomic mass is 14.6. The van der Waals surface area contributed by atoms with Crippen LogP contribution >= 0.6 is 0 Å². The Morgan fingerprint density at radius 2 is 0.923 bits per heavy atom. The maximum Gasteiger partial charge on any atom is 0.244 e. The van der Waals surface area contributed by atoms with Crippen molar-refractivity contribution in [1.82, 2.24) is 0 Å². The van der Waals surface area contributed by atoms with Gasteiger partial charge in [0.15, 0.2) is 11.4 Å². The number of aryl methyl sites for hydroxylation is 2. The predicted octanol–water partition coefficient (Wildman–Crippen LogP) is 7.00. The van der Waals surface area contributed by atoms with Gasteiger partial charge in [-0.3, -0.25) is 0 Å². The summed E-state index contributed by atoms with van der Waals surface area (Å²) in [5.74, 6) is 0. The summed E-state index contributed by atoms with van der Waals surface area (Å²) < 4.78 is 0. The van der Waals surface area contributed by atoms with Crippen LogP contribution in [0, 0.1) is 49.7 Å². The molecule has 0 unspecified atom stereocenters. The van der Waals surface area contributed by atoms with E-state index < -0.39 is 0 Å². The fourth-order valence-corrected chi connectivity index (χ4v) is 10.6. The zero-order valence-electron chi connectivity index (χ0n) is 28.0. The van der Waals surface area contributed by atoms with Gasteiger partial charge in [0, 0.05) is 0 Å². The molecule has 0 fully saturated rings. The Hall–Kier alpha value is -7.11. The van der Waals surface area contributed by atoms with Crippen molar-refractivity contribution < 1.29 is 0 Å². The molecule has 6 heteroatoms. The monoisotopic (exact) mass is 650 g/mol. The molecular formula is C46H20B2N4. The van der Waals surface area contributed by atoms with Crippen LogP contribution in [0.1, 0.15) is 22.3 Å². The summed E-state index contributed by atoms with van der Waals surface area (Å²) in [6.07, 6.45) is 0. The van der Waals surface area contributed by atoms with Gasteiger partial charge in [0.25, 0.3) is 0 Å². The lowest BCUT2D eigenvalue weighted by atomic mass is 9.34. The van der Waals surface area contributed by atoms with Gasteiger partial charge in [0.05, 0.1) is 36.4 Å². The highest BCUT2D eigenvalue weighted by Crippen LogP contribution is 2.48. The summed E-state index contributed by atoms with van der Waals surface area (Å²) in [5, 5.41) is 27.6. The van der Waals surface area contributed by atoms with E-state index in [2.05, 4.69) is 84.2 Å². The van der Waals surface area contributed by atoms with Crippen LogP contribution in [0.3, 0.4) is 0 Å². The van der Waals surface area contributed by atoms with Gasteiger partial charge >= 0.3 is 0 Å². The molecule has 0 atom stereocenters. The van der Waals surface area contributed by atoms with Crippen molar-refractivity contribution in [2.24, 2.45) is 0 Å². The van der Waals surface area contributed by atoms with Crippen molar-refractivity contribution in [3.8, 4) is 56.6 Å². The van der Waals surface area contributed by atoms with Gasteiger partial charge in [-0.25, -0.2) is 9.69 Å². The molecule has 52 heavy (non-hydrogen) atoms. The SMILES string of the molecule is [C-]#[N+]c1ccc2c(c1)-c1cc(C#N)cc3c1B2c1cc2c(C)cc4c5c(cc6c(C)cc-3c1c6c25)B1c2ccc(C#N)cc2-c2cc([N+]#[C-])cc-4c21. The molecule has 0 aliphatic carbocycles. The molecule has 0 saturated heterocycles. The zero-order chi connectivity index (χ0) is 34.9. The van der Waals surface area contributed by atoms with Crippen LogP contribution in [0.5, 0.6) is 0 Å². The topological polar surface area (TPSA) is 56.3 Å². The van der Waals surface area contributed by atoms with Gasteiger partial charge in [-0.05, 0) is 144 Å². The maximum absolute atomic E-state index is 10.2. The lowest BCUT2D eigenvalue weighted by Gasteiger charge is -2.32. The largest absolute Gasteiger partial charge is 0.244 e. The number of fused-ring (bicyclic) bond motifs is 10. The summed E-state index contributed by atoms with van der Waals surface area (Å²) in [6.45, 7) is 20.2. The van der Waals surface area contributed by atoms with Crippen molar-refractivity contribution in [1.29, 1.82) is 10.5 Å². The molecule has 230 valence electrons. The van der Waals surface area contributed by atoms with E-state index in [1.165, 1.54) is 76.2 Å². The summed E-state index contributed by atoms with van der Waals surface area (Å²) in [5.41, 5.74) is 20.9. The minimum atomic E-state index is -0.0133. The molecule has 0 bridgehead atoms. The molecule has 12 rings (SSSR count). The van der Waals surface area contributed by atoms with Crippen molar-refractivity contribution in [3.63, 3.8) is 0 Å².